The molecule has 0 aliphatic heterocycles. The number of hydrogen-bond donors (Lipinski definition) is 1. The van der Waals surface area contributed by atoms with E-state index < -0.39 is 0 Å². The van der Waals surface area contributed by atoms with E-state index in [2.05, 4.69) is 36.5 Å². The molecule has 2 heteroatoms. The second kappa shape index (κ2) is 5.26. The summed E-state index contributed by atoms with van der Waals surface area (Å²) in [6.45, 7) is 3.34. The molecule has 0 spiro atoms. The van der Waals surface area contributed by atoms with Gasteiger partial charge in [0, 0.05) is 19.7 Å². The first-order chi connectivity index (χ1) is 9.24. The van der Waals surface area contributed by atoms with Gasteiger partial charge in [-0.15, -0.1) is 0 Å². The molecular weight excluding hydrogens is 234 g/mol. The Kier molecular flexibility index (Phi) is 3.64. The zero-order chi connectivity index (χ0) is 13.3. The van der Waals surface area contributed by atoms with Crippen molar-refractivity contribution in [2.75, 3.05) is 13.7 Å². The standard InChI is InChI=1S/C17H25NO/c1-13-8-9-16(15-7-4-3-6-14(13)15)18-12-17(19-2)10-5-11-17/h3-4,6-7,13,16,18H,5,8-12H2,1-2H3. The van der Waals surface area contributed by atoms with Gasteiger partial charge in [-0.1, -0.05) is 31.2 Å². The van der Waals surface area contributed by atoms with Gasteiger partial charge in [-0.05, 0) is 49.1 Å². The molecule has 3 rings (SSSR count). The summed E-state index contributed by atoms with van der Waals surface area (Å²) in [5.74, 6) is 0.703. The van der Waals surface area contributed by atoms with Crippen LogP contribution >= 0.6 is 0 Å². The first-order valence-corrected chi connectivity index (χ1v) is 7.61. The zero-order valence-corrected chi connectivity index (χ0v) is 12.1. The van der Waals surface area contributed by atoms with Crippen LogP contribution in [0.25, 0.3) is 0 Å². The lowest BCUT2D eigenvalue weighted by atomic mass is 9.78. The molecule has 19 heavy (non-hydrogen) atoms. The van der Waals surface area contributed by atoms with Gasteiger partial charge in [0.25, 0.3) is 0 Å². The highest BCUT2D eigenvalue weighted by Crippen LogP contribution is 2.39. The second-order valence-corrected chi connectivity index (χ2v) is 6.28. The normalized spacial score (nSPS) is 28.5. The number of nitrogens with one attached hydrogen (secondary N) is 1. The Balaban J connectivity index is 1.71. The monoisotopic (exact) mass is 259 g/mol. The SMILES string of the molecule is COC1(CNC2CCC(C)c3ccccc32)CCC1. The molecule has 2 nitrogen and oxygen atoms in total. The summed E-state index contributed by atoms with van der Waals surface area (Å²) in [7, 11) is 1.86. The van der Waals surface area contributed by atoms with Crippen molar-refractivity contribution in [2.24, 2.45) is 0 Å². The van der Waals surface area contributed by atoms with E-state index in [1.807, 2.05) is 7.11 Å². The van der Waals surface area contributed by atoms with Crippen LogP contribution < -0.4 is 5.32 Å². The van der Waals surface area contributed by atoms with Gasteiger partial charge in [-0.25, -0.2) is 0 Å². The summed E-state index contributed by atoms with van der Waals surface area (Å²) in [4.78, 5) is 0. The topological polar surface area (TPSA) is 21.3 Å². The number of rotatable bonds is 4. The van der Waals surface area contributed by atoms with Gasteiger partial charge in [0.2, 0.25) is 0 Å². The van der Waals surface area contributed by atoms with Crippen LogP contribution in [0.5, 0.6) is 0 Å². The maximum absolute atomic E-state index is 5.71. The Labute approximate surface area is 116 Å². The van der Waals surface area contributed by atoms with Crippen molar-refractivity contribution in [1.29, 1.82) is 0 Å². The predicted octanol–water partition coefficient (Wildman–Crippen LogP) is 3.78. The predicted molar refractivity (Wildman–Crippen MR) is 78.4 cm³/mol. The van der Waals surface area contributed by atoms with Crippen molar-refractivity contribution in [2.45, 2.75) is 56.6 Å². The molecule has 0 aromatic heterocycles. The van der Waals surface area contributed by atoms with Gasteiger partial charge in [0.1, 0.15) is 0 Å². The fourth-order valence-corrected chi connectivity index (χ4v) is 3.55. The van der Waals surface area contributed by atoms with Crippen LogP contribution in [0.2, 0.25) is 0 Å². The van der Waals surface area contributed by atoms with Gasteiger partial charge in [0.05, 0.1) is 5.60 Å². The molecule has 1 aromatic carbocycles. The van der Waals surface area contributed by atoms with E-state index in [-0.39, 0.29) is 5.60 Å². The smallest absolute Gasteiger partial charge is 0.0802 e. The number of ether oxygens (including phenoxy) is 1. The third-order valence-electron chi connectivity index (χ3n) is 5.16. The van der Waals surface area contributed by atoms with E-state index >= 15 is 0 Å². The molecule has 2 aliphatic rings. The van der Waals surface area contributed by atoms with Crippen LogP contribution in [0, 0.1) is 0 Å². The lowest BCUT2D eigenvalue weighted by Crippen LogP contribution is -2.49. The van der Waals surface area contributed by atoms with Crippen LogP contribution in [-0.2, 0) is 4.74 Å². The maximum atomic E-state index is 5.71. The molecule has 1 saturated carbocycles. The van der Waals surface area contributed by atoms with E-state index in [9.17, 15) is 0 Å². The highest BCUT2D eigenvalue weighted by molar-refractivity contribution is 5.34. The minimum absolute atomic E-state index is 0.123. The summed E-state index contributed by atoms with van der Waals surface area (Å²) in [6.07, 6.45) is 6.27. The third-order valence-corrected chi connectivity index (χ3v) is 5.16. The van der Waals surface area contributed by atoms with Crippen LogP contribution in [0.3, 0.4) is 0 Å². The molecule has 0 saturated heterocycles. The van der Waals surface area contributed by atoms with Crippen LogP contribution in [-0.4, -0.2) is 19.3 Å². The third kappa shape index (κ3) is 2.44. The average molecular weight is 259 g/mol. The summed E-state index contributed by atoms with van der Waals surface area (Å²) < 4.78 is 5.71. The Bertz CT molecular complexity index is 433. The number of methoxy groups -OCH3 is 1. The molecular formula is C17H25NO. The lowest BCUT2D eigenvalue weighted by molar-refractivity contribution is -0.0712. The Morgan fingerprint density at radius 3 is 2.58 bits per heavy atom. The minimum atomic E-state index is 0.123. The number of benzene rings is 1. The molecule has 0 heterocycles. The van der Waals surface area contributed by atoms with Crippen LogP contribution in [0.4, 0.5) is 0 Å². The van der Waals surface area contributed by atoms with Crippen molar-refractivity contribution in [1.82, 2.24) is 5.32 Å². The fraction of sp³-hybridized carbons (Fsp3) is 0.647. The van der Waals surface area contributed by atoms with Crippen molar-refractivity contribution in [3.05, 3.63) is 35.4 Å². The molecule has 0 radical (unpaired) electrons. The van der Waals surface area contributed by atoms with Gasteiger partial charge in [-0.2, -0.15) is 0 Å². The summed E-state index contributed by atoms with van der Waals surface area (Å²) in [5.41, 5.74) is 3.16. The van der Waals surface area contributed by atoms with Gasteiger partial charge >= 0.3 is 0 Å². The molecule has 2 atom stereocenters. The van der Waals surface area contributed by atoms with Gasteiger partial charge in [0.15, 0.2) is 0 Å². The lowest BCUT2D eigenvalue weighted by Gasteiger charge is -2.42. The molecule has 2 unspecified atom stereocenters. The van der Waals surface area contributed by atoms with Gasteiger partial charge < -0.3 is 10.1 Å². The molecule has 1 N–H and O–H groups in total. The van der Waals surface area contributed by atoms with Crippen molar-refractivity contribution in [3.63, 3.8) is 0 Å². The van der Waals surface area contributed by atoms with Crippen LogP contribution in [0.1, 0.15) is 62.1 Å². The van der Waals surface area contributed by atoms with Crippen molar-refractivity contribution in [3.8, 4) is 0 Å². The van der Waals surface area contributed by atoms with Crippen molar-refractivity contribution >= 4 is 0 Å². The summed E-state index contributed by atoms with van der Waals surface area (Å²) in [6, 6.07) is 9.44. The van der Waals surface area contributed by atoms with Gasteiger partial charge in [-0.3, -0.25) is 0 Å². The quantitative estimate of drug-likeness (QED) is 0.888. The molecule has 0 bridgehead atoms. The minimum Gasteiger partial charge on any atom is -0.377 e. The Morgan fingerprint density at radius 2 is 1.95 bits per heavy atom. The van der Waals surface area contributed by atoms with E-state index in [4.69, 9.17) is 4.74 Å². The zero-order valence-electron chi connectivity index (χ0n) is 12.1. The number of fused-ring (bicyclic) bond motifs is 1. The first-order valence-electron chi connectivity index (χ1n) is 7.61. The summed E-state index contributed by atoms with van der Waals surface area (Å²) >= 11 is 0. The highest BCUT2D eigenvalue weighted by Gasteiger charge is 2.37. The average Bonchev–Trinajstić information content (AvgIpc) is 2.41. The molecule has 0 amide bonds. The Morgan fingerprint density at radius 1 is 1.21 bits per heavy atom. The van der Waals surface area contributed by atoms with E-state index in [0.29, 0.717) is 12.0 Å². The maximum Gasteiger partial charge on any atom is 0.0802 e. The molecule has 1 fully saturated rings. The molecule has 2 aliphatic carbocycles. The summed E-state index contributed by atoms with van der Waals surface area (Å²) in [5, 5.41) is 3.77. The molecule has 104 valence electrons. The Hall–Kier alpha value is -0.860. The van der Waals surface area contributed by atoms with E-state index in [1.165, 1.54) is 43.2 Å². The molecule has 1 aromatic rings. The largest absolute Gasteiger partial charge is 0.377 e. The number of hydrogen-bond acceptors (Lipinski definition) is 2. The fourth-order valence-electron chi connectivity index (χ4n) is 3.55. The van der Waals surface area contributed by atoms with E-state index in [1.54, 1.807) is 0 Å². The van der Waals surface area contributed by atoms with E-state index in [0.717, 1.165) is 6.54 Å². The highest BCUT2D eigenvalue weighted by atomic mass is 16.5. The van der Waals surface area contributed by atoms with Crippen LogP contribution in [0.15, 0.2) is 24.3 Å². The van der Waals surface area contributed by atoms with Crippen molar-refractivity contribution < 1.29 is 4.74 Å². The first kappa shape index (κ1) is 13.1. The second-order valence-electron chi connectivity index (χ2n) is 6.28.